The molecule has 3 rings (SSSR count). The van der Waals surface area contributed by atoms with Crippen molar-refractivity contribution in [3.8, 4) is 5.75 Å². The van der Waals surface area contributed by atoms with E-state index in [1.807, 2.05) is 0 Å². The largest absolute Gasteiger partial charge is 0.497 e. The van der Waals surface area contributed by atoms with Crippen LogP contribution in [-0.2, 0) is 30.8 Å². The summed E-state index contributed by atoms with van der Waals surface area (Å²) in [7, 11) is -6.53. The first-order valence-corrected chi connectivity index (χ1v) is 14.7. The van der Waals surface area contributed by atoms with Crippen molar-refractivity contribution in [3.63, 3.8) is 0 Å². The van der Waals surface area contributed by atoms with E-state index in [4.69, 9.17) is 16.3 Å². The van der Waals surface area contributed by atoms with Crippen molar-refractivity contribution in [3.05, 3.63) is 71.2 Å². The standard InChI is InChI=1S/C24H23ClF3N3O6S2/c1-14(29-21-11-7-17(37-2)13-22(21)38(3,33)34)23(32)30-15-4-8-18(9-5-15)39(35,36)31-16-6-10-20(25)19(12-16)24(26,27)28/h4-14,29,31H,1-3H3,(H,30,32). The number of hydrogen-bond donors (Lipinski definition) is 3. The molecule has 0 bridgehead atoms. The van der Waals surface area contributed by atoms with Crippen LogP contribution in [0.1, 0.15) is 12.5 Å². The number of benzene rings is 3. The molecule has 15 heteroatoms. The molecule has 0 heterocycles. The predicted octanol–water partition coefficient (Wildman–Crippen LogP) is 5.01. The topological polar surface area (TPSA) is 131 Å². The maximum atomic E-state index is 13.1. The van der Waals surface area contributed by atoms with Gasteiger partial charge in [-0.25, -0.2) is 16.8 Å². The van der Waals surface area contributed by atoms with Crippen molar-refractivity contribution in [2.24, 2.45) is 0 Å². The van der Waals surface area contributed by atoms with Gasteiger partial charge in [-0.1, -0.05) is 11.6 Å². The Morgan fingerprint density at radius 3 is 2.13 bits per heavy atom. The van der Waals surface area contributed by atoms with Crippen LogP contribution in [0.15, 0.2) is 70.5 Å². The fourth-order valence-electron chi connectivity index (χ4n) is 3.34. The van der Waals surface area contributed by atoms with Gasteiger partial charge >= 0.3 is 6.18 Å². The lowest BCUT2D eigenvalue weighted by molar-refractivity contribution is -0.137. The van der Waals surface area contributed by atoms with Crippen LogP contribution in [0.4, 0.5) is 30.2 Å². The number of carbonyl (C=O) groups excluding carboxylic acids is 1. The fraction of sp³-hybridized carbons (Fsp3) is 0.208. The van der Waals surface area contributed by atoms with E-state index in [0.29, 0.717) is 11.8 Å². The number of sulfone groups is 1. The highest BCUT2D eigenvalue weighted by Crippen LogP contribution is 2.36. The van der Waals surface area contributed by atoms with E-state index in [0.717, 1.165) is 30.5 Å². The van der Waals surface area contributed by atoms with Crippen molar-refractivity contribution in [1.29, 1.82) is 0 Å². The molecule has 3 N–H and O–H groups in total. The molecule has 0 aliphatic heterocycles. The van der Waals surface area contributed by atoms with Crippen LogP contribution in [0.25, 0.3) is 0 Å². The number of anilines is 3. The Balaban J connectivity index is 1.72. The van der Waals surface area contributed by atoms with Gasteiger partial charge < -0.3 is 15.4 Å². The maximum absolute atomic E-state index is 13.1. The lowest BCUT2D eigenvalue weighted by Crippen LogP contribution is -2.32. The number of rotatable bonds is 9. The third-order valence-corrected chi connectivity index (χ3v) is 8.17. The molecule has 0 radical (unpaired) electrons. The second-order valence-electron chi connectivity index (χ2n) is 8.31. The van der Waals surface area contributed by atoms with E-state index in [9.17, 15) is 34.8 Å². The summed E-state index contributed by atoms with van der Waals surface area (Å²) in [6.45, 7) is 1.50. The van der Waals surface area contributed by atoms with Crippen LogP contribution in [0, 0.1) is 0 Å². The molecule has 9 nitrogen and oxygen atoms in total. The van der Waals surface area contributed by atoms with Gasteiger partial charge in [0, 0.05) is 23.7 Å². The van der Waals surface area contributed by atoms with Gasteiger partial charge in [0.1, 0.15) is 11.8 Å². The Morgan fingerprint density at radius 1 is 0.949 bits per heavy atom. The number of sulfonamides is 1. The normalized spacial score (nSPS) is 12.9. The number of halogens is 4. The first-order valence-electron chi connectivity index (χ1n) is 11.0. The van der Waals surface area contributed by atoms with Gasteiger partial charge in [-0.15, -0.1) is 0 Å². The molecule has 0 aliphatic carbocycles. The number of hydrogen-bond acceptors (Lipinski definition) is 7. The minimum absolute atomic E-state index is 0.0633. The molecule has 0 fully saturated rings. The van der Waals surface area contributed by atoms with Crippen LogP contribution in [0.3, 0.4) is 0 Å². The van der Waals surface area contributed by atoms with Gasteiger partial charge in [0.2, 0.25) is 5.91 Å². The molecular weight excluding hydrogens is 583 g/mol. The summed E-state index contributed by atoms with van der Waals surface area (Å²) in [6, 6.07) is 10.9. The lowest BCUT2D eigenvalue weighted by atomic mass is 10.2. The van der Waals surface area contributed by atoms with Crippen molar-refractivity contribution in [2.45, 2.75) is 28.9 Å². The molecule has 1 atom stereocenters. The van der Waals surface area contributed by atoms with Gasteiger partial charge in [-0.3, -0.25) is 9.52 Å². The number of methoxy groups -OCH3 is 1. The van der Waals surface area contributed by atoms with Crippen LogP contribution in [0.5, 0.6) is 5.75 Å². The Kier molecular flexibility index (Phi) is 8.72. The highest BCUT2D eigenvalue weighted by molar-refractivity contribution is 7.92. The minimum Gasteiger partial charge on any atom is -0.497 e. The second-order valence-corrected chi connectivity index (χ2v) is 12.4. The number of alkyl halides is 3. The molecule has 3 aromatic carbocycles. The van der Waals surface area contributed by atoms with Crippen LogP contribution >= 0.6 is 11.6 Å². The molecule has 1 unspecified atom stereocenters. The average molecular weight is 606 g/mol. The Hall–Kier alpha value is -3.49. The van der Waals surface area contributed by atoms with Gasteiger partial charge in [-0.2, -0.15) is 13.2 Å². The first kappa shape index (κ1) is 30.1. The fourth-order valence-corrected chi connectivity index (χ4v) is 5.47. The molecule has 0 saturated carbocycles. The highest BCUT2D eigenvalue weighted by atomic mass is 35.5. The van der Waals surface area contributed by atoms with Crippen LogP contribution in [-0.4, -0.2) is 42.2 Å². The van der Waals surface area contributed by atoms with Crippen LogP contribution in [0.2, 0.25) is 5.02 Å². The van der Waals surface area contributed by atoms with Gasteiger partial charge in [0.05, 0.1) is 33.2 Å². The van der Waals surface area contributed by atoms with Crippen molar-refractivity contribution in [1.82, 2.24) is 0 Å². The van der Waals surface area contributed by atoms with E-state index >= 15 is 0 Å². The summed E-state index contributed by atoms with van der Waals surface area (Å²) in [6.07, 6.45) is -3.76. The molecule has 0 aromatic heterocycles. The number of amides is 1. The van der Waals surface area contributed by atoms with Crippen molar-refractivity contribution in [2.75, 3.05) is 28.7 Å². The quantitative estimate of drug-likeness (QED) is 0.312. The Morgan fingerprint density at radius 2 is 1.56 bits per heavy atom. The summed E-state index contributed by atoms with van der Waals surface area (Å²) < 4.78 is 96.0. The van der Waals surface area contributed by atoms with Gasteiger partial charge in [0.15, 0.2) is 9.84 Å². The minimum atomic E-state index is -4.77. The third-order valence-electron chi connectivity index (χ3n) is 5.31. The summed E-state index contributed by atoms with van der Waals surface area (Å²) in [5, 5.41) is 4.82. The average Bonchev–Trinajstić information content (AvgIpc) is 2.84. The van der Waals surface area contributed by atoms with E-state index in [1.54, 1.807) is 0 Å². The molecule has 0 aliphatic rings. The number of carbonyl (C=O) groups is 1. The smallest absolute Gasteiger partial charge is 0.417 e. The summed E-state index contributed by atoms with van der Waals surface area (Å²) in [5.74, 6) is -0.237. The molecule has 0 saturated heterocycles. The SMILES string of the molecule is COc1ccc(NC(C)C(=O)Nc2ccc(S(=O)(=O)Nc3ccc(Cl)c(C(F)(F)F)c3)cc2)c(S(C)(=O)=O)c1. The van der Waals surface area contributed by atoms with Gasteiger partial charge in [0.25, 0.3) is 10.0 Å². The predicted molar refractivity (Wildman–Crippen MR) is 142 cm³/mol. The zero-order valence-corrected chi connectivity index (χ0v) is 23.0. The molecule has 0 spiro atoms. The van der Waals surface area contributed by atoms with Gasteiger partial charge in [-0.05, 0) is 61.5 Å². The number of nitrogens with one attached hydrogen (secondary N) is 3. The maximum Gasteiger partial charge on any atom is 0.417 e. The summed E-state index contributed by atoms with van der Waals surface area (Å²) in [5.41, 5.74) is -1.12. The molecule has 1 amide bonds. The van der Waals surface area contributed by atoms with E-state index in [1.165, 1.54) is 44.4 Å². The third kappa shape index (κ3) is 7.55. The Labute approximate surface area is 228 Å². The Bertz CT molecular complexity index is 1600. The lowest BCUT2D eigenvalue weighted by Gasteiger charge is -2.18. The molecule has 3 aromatic rings. The van der Waals surface area contributed by atoms with Crippen molar-refractivity contribution < 1.29 is 39.5 Å². The number of ether oxygens (including phenoxy) is 1. The zero-order valence-electron chi connectivity index (χ0n) is 20.6. The summed E-state index contributed by atoms with van der Waals surface area (Å²) in [4.78, 5) is 12.3. The summed E-state index contributed by atoms with van der Waals surface area (Å²) >= 11 is 5.57. The van der Waals surface area contributed by atoms with Crippen LogP contribution < -0.4 is 20.1 Å². The molecule has 210 valence electrons. The highest BCUT2D eigenvalue weighted by Gasteiger charge is 2.33. The van der Waals surface area contributed by atoms with Crippen molar-refractivity contribution >= 4 is 54.4 Å². The molecular formula is C24H23ClF3N3O6S2. The second kappa shape index (κ2) is 11.3. The van der Waals surface area contributed by atoms with E-state index < -0.39 is 48.6 Å². The zero-order chi connectivity index (χ0) is 29.2. The molecule has 39 heavy (non-hydrogen) atoms. The first-order chi connectivity index (χ1) is 18.0. The van der Waals surface area contributed by atoms with E-state index in [2.05, 4.69) is 15.4 Å². The monoisotopic (exact) mass is 605 g/mol. The van der Waals surface area contributed by atoms with E-state index in [-0.39, 0.29) is 26.9 Å².